The Bertz CT molecular complexity index is 826. The molecule has 0 unspecified atom stereocenters. The summed E-state index contributed by atoms with van der Waals surface area (Å²) in [7, 11) is 1.56. The first-order valence-electron chi connectivity index (χ1n) is 11.0. The number of fused-ring (bicyclic) bond motifs is 1. The first kappa shape index (κ1) is 22.7. The summed E-state index contributed by atoms with van der Waals surface area (Å²) in [5.41, 5.74) is 1.08. The van der Waals surface area contributed by atoms with Crippen LogP contribution in [0, 0.1) is 11.8 Å². The van der Waals surface area contributed by atoms with E-state index in [0.29, 0.717) is 32.2 Å². The fourth-order valence-corrected chi connectivity index (χ4v) is 4.50. The van der Waals surface area contributed by atoms with Gasteiger partial charge in [-0.05, 0) is 31.2 Å². The summed E-state index contributed by atoms with van der Waals surface area (Å²) in [5, 5.41) is 2.64. The summed E-state index contributed by atoms with van der Waals surface area (Å²) in [6.07, 6.45) is 6.18. The van der Waals surface area contributed by atoms with Gasteiger partial charge in [-0.1, -0.05) is 49.4 Å². The van der Waals surface area contributed by atoms with E-state index in [1.165, 1.54) is 4.90 Å². The molecule has 0 bridgehead atoms. The lowest BCUT2D eigenvalue weighted by Crippen LogP contribution is -2.50. The van der Waals surface area contributed by atoms with Crippen LogP contribution in [-0.2, 0) is 25.6 Å². The van der Waals surface area contributed by atoms with Crippen molar-refractivity contribution in [2.75, 3.05) is 20.1 Å². The zero-order valence-corrected chi connectivity index (χ0v) is 18.3. The van der Waals surface area contributed by atoms with E-state index in [-0.39, 0.29) is 48.4 Å². The molecule has 3 atom stereocenters. The minimum absolute atomic E-state index is 0.0205. The number of nitrogens with one attached hydrogen (secondary N) is 1. The van der Waals surface area contributed by atoms with Gasteiger partial charge < -0.3 is 10.2 Å². The molecular weight excluding hydrogens is 394 g/mol. The fraction of sp³-hybridized carbons (Fsp3) is 0.500. The van der Waals surface area contributed by atoms with Crippen molar-refractivity contribution in [1.82, 2.24) is 15.1 Å². The lowest BCUT2D eigenvalue weighted by molar-refractivity contribution is -0.143. The molecule has 1 aliphatic heterocycles. The largest absolute Gasteiger partial charge is 0.357 e. The Morgan fingerprint density at radius 1 is 1.10 bits per heavy atom. The van der Waals surface area contributed by atoms with E-state index >= 15 is 0 Å². The van der Waals surface area contributed by atoms with Crippen LogP contribution in [0.4, 0.5) is 0 Å². The number of likely N-dealkylation sites (tertiary alicyclic amines) is 1. The summed E-state index contributed by atoms with van der Waals surface area (Å²) >= 11 is 0. The summed E-state index contributed by atoms with van der Waals surface area (Å²) in [6.45, 7) is 2.33. The number of carbonyl (C=O) groups is 4. The number of amides is 4. The minimum Gasteiger partial charge on any atom is -0.357 e. The number of hydrogen-bond donors (Lipinski definition) is 1. The topological polar surface area (TPSA) is 86.8 Å². The van der Waals surface area contributed by atoms with Crippen LogP contribution < -0.4 is 5.32 Å². The fourth-order valence-electron chi connectivity index (χ4n) is 4.50. The van der Waals surface area contributed by atoms with Gasteiger partial charge in [0.25, 0.3) is 0 Å². The van der Waals surface area contributed by atoms with Gasteiger partial charge in [0.05, 0.1) is 11.8 Å². The number of imide groups is 1. The van der Waals surface area contributed by atoms with Gasteiger partial charge in [0.15, 0.2) is 0 Å². The molecule has 4 amide bonds. The zero-order valence-electron chi connectivity index (χ0n) is 18.3. The smallest absolute Gasteiger partial charge is 0.242 e. The van der Waals surface area contributed by atoms with E-state index in [0.717, 1.165) is 5.56 Å². The number of allylic oxidation sites excluding steroid dienone is 2. The van der Waals surface area contributed by atoms with Gasteiger partial charge in [0.1, 0.15) is 6.04 Å². The molecular formula is C24H31N3O4. The number of likely N-dealkylation sites (N-methyl/N-ethyl adjacent to an activating group) is 1. The van der Waals surface area contributed by atoms with Crippen molar-refractivity contribution < 1.29 is 19.2 Å². The Morgan fingerprint density at radius 2 is 1.71 bits per heavy atom. The molecule has 1 aromatic carbocycles. The average Bonchev–Trinajstić information content (AvgIpc) is 3.05. The van der Waals surface area contributed by atoms with Crippen molar-refractivity contribution >= 4 is 23.6 Å². The standard InChI is InChI=1S/C24H31N3O4/c1-3-20(22(29)25-2)26(15-13-17-9-5-4-6-10-17)21(28)14-16-27-23(30)18-11-7-8-12-19(18)24(27)31/h4-10,18-20H,3,11-16H2,1-2H3,(H,25,29)/t18-,19+,20-/m0/s1. The van der Waals surface area contributed by atoms with Crippen LogP contribution in [-0.4, -0.2) is 59.6 Å². The van der Waals surface area contributed by atoms with Crippen molar-refractivity contribution in [2.24, 2.45) is 11.8 Å². The number of rotatable bonds is 9. The van der Waals surface area contributed by atoms with Gasteiger partial charge in [-0.15, -0.1) is 0 Å². The highest BCUT2D eigenvalue weighted by molar-refractivity contribution is 6.05. The molecule has 1 heterocycles. The molecule has 3 rings (SSSR count). The molecule has 1 aromatic rings. The maximum absolute atomic E-state index is 13.2. The maximum Gasteiger partial charge on any atom is 0.242 e. The first-order chi connectivity index (χ1) is 15.0. The zero-order chi connectivity index (χ0) is 22.4. The number of carbonyl (C=O) groups excluding carboxylic acids is 4. The predicted octanol–water partition coefficient (Wildman–Crippen LogP) is 1.92. The van der Waals surface area contributed by atoms with Crippen molar-refractivity contribution in [2.45, 2.75) is 45.1 Å². The van der Waals surface area contributed by atoms with E-state index in [1.54, 1.807) is 11.9 Å². The predicted molar refractivity (Wildman–Crippen MR) is 117 cm³/mol. The van der Waals surface area contributed by atoms with Gasteiger partial charge in [-0.2, -0.15) is 0 Å². The second kappa shape index (κ2) is 10.4. The summed E-state index contributed by atoms with van der Waals surface area (Å²) in [6, 6.07) is 9.20. The molecule has 1 fully saturated rings. The van der Waals surface area contributed by atoms with E-state index in [9.17, 15) is 19.2 Å². The lowest BCUT2D eigenvalue weighted by atomic mass is 9.85. The third kappa shape index (κ3) is 5.03. The minimum atomic E-state index is -0.585. The summed E-state index contributed by atoms with van der Waals surface area (Å²) < 4.78 is 0. The molecule has 1 N–H and O–H groups in total. The molecule has 31 heavy (non-hydrogen) atoms. The third-order valence-corrected chi connectivity index (χ3v) is 6.26. The number of hydrogen-bond acceptors (Lipinski definition) is 4. The highest BCUT2D eigenvalue weighted by Crippen LogP contribution is 2.35. The van der Waals surface area contributed by atoms with Crippen LogP contribution in [0.5, 0.6) is 0 Å². The van der Waals surface area contributed by atoms with Crippen molar-refractivity contribution in [3.63, 3.8) is 0 Å². The van der Waals surface area contributed by atoms with Gasteiger partial charge in [-0.25, -0.2) is 0 Å². The first-order valence-corrected chi connectivity index (χ1v) is 11.0. The molecule has 1 saturated heterocycles. The molecule has 0 spiro atoms. The van der Waals surface area contributed by atoms with Gasteiger partial charge in [0, 0.05) is 26.6 Å². The average molecular weight is 426 g/mol. The maximum atomic E-state index is 13.2. The Hall–Kier alpha value is -2.96. The van der Waals surface area contributed by atoms with Crippen molar-refractivity contribution in [1.29, 1.82) is 0 Å². The Balaban J connectivity index is 1.68. The third-order valence-electron chi connectivity index (χ3n) is 6.26. The normalized spacial score (nSPS) is 21.0. The molecule has 7 nitrogen and oxygen atoms in total. The summed E-state index contributed by atoms with van der Waals surface area (Å²) in [5.74, 6) is -1.39. The van der Waals surface area contributed by atoms with Crippen LogP contribution in [0.1, 0.15) is 38.2 Å². The van der Waals surface area contributed by atoms with Crippen molar-refractivity contribution in [3.05, 3.63) is 48.0 Å². The van der Waals surface area contributed by atoms with Crippen LogP contribution in [0.25, 0.3) is 0 Å². The van der Waals surface area contributed by atoms with E-state index in [2.05, 4.69) is 5.32 Å². The molecule has 0 radical (unpaired) electrons. The monoisotopic (exact) mass is 425 g/mol. The van der Waals surface area contributed by atoms with Gasteiger partial charge in [0.2, 0.25) is 23.6 Å². The molecule has 7 heteroatoms. The molecule has 0 aromatic heterocycles. The van der Waals surface area contributed by atoms with E-state index in [1.807, 2.05) is 49.4 Å². The number of nitrogens with zero attached hydrogens (tertiary/aromatic N) is 2. The highest BCUT2D eigenvalue weighted by Gasteiger charge is 2.47. The Morgan fingerprint density at radius 3 is 2.26 bits per heavy atom. The van der Waals surface area contributed by atoms with Crippen LogP contribution >= 0.6 is 0 Å². The Kier molecular flexibility index (Phi) is 7.60. The van der Waals surface area contributed by atoms with Crippen LogP contribution in [0.15, 0.2) is 42.5 Å². The molecule has 2 aliphatic rings. The summed E-state index contributed by atoms with van der Waals surface area (Å²) in [4.78, 5) is 53.7. The van der Waals surface area contributed by atoms with Gasteiger partial charge in [-0.3, -0.25) is 24.1 Å². The Labute approximate surface area is 183 Å². The SMILES string of the molecule is CC[C@@H](C(=O)NC)N(CCc1ccccc1)C(=O)CCN1C(=O)[C@H]2CC=CC[C@H]2C1=O. The number of benzene rings is 1. The lowest BCUT2D eigenvalue weighted by Gasteiger charge is -2.30. The van der Waals surface area contributed by atoms with E-state index in [4.69, 9.17) is 0 Å². The van der Waals surface area contributed by atoms with Crippen LogP contribution in [0.3, 0.4) is 0 Å². The second-order valence-electron chi connectivity index (χ2n) is 8.09. The van der Waals surface area contributed by atoms with Gasteiger partial charge >= 0.3 is 0 Å². The van der Waals surface area contributed by atoms with Crippen LogP contribution in [0.2, 0.25) is 0 Å². The van der Waals surface area contributed by atoms with E-state index < -0.39 is 6.04 Å². The quantitative estimate of drug-likeness (QED) is 0.484. The molecule has 0 saturated carbocycles. The molecule has 166 valence electrons. The van der Waals surface area contributed by atoms with Crippen molar-refractivity contribution in [3.8, 4) is 0 Å². The second-order valence-corrected chi connectivity index (χ2v) is 8.09. The molecule has 1 aliphatic carbocycles. The highest BCUT2D eigenvalue weighted by atomic mass is 16.2.